The number of nitrogens with zero attached hydrogens (tertiary/aromatic N) is 3. The zero-order valence-electron chi connectivity index (χ0n) is 27.1. The van der Waals surface area contributed by atoms with Gasteiger partial charge in [-0.25, -0.2) is 0 Å². The van der Waals surface area contributed by atoms with Gasteiger partial charge in [0.25, 0.3) is 5.69 Å². The minimum Gasteiger partial charge on any atom is -0.508 e. The second-order valence-corrected chi connectivity index (χ2v) is 14.1. The van der Waals surface area contributed by atoms with Gasteiger partial charge in [0.2, 0.25) is 0 Å². The van der Waals surface area contributed by atoms with Gasteiger partial charge in [0.1, 0.15) is 22.6 Å². The quantitative estimate of drug-likeness (QED) is 0.161. The molecule has 12 heteroatoms. The number of carbonyl (C=O) groups excluding carboxylic acids is 3. The fourth-order valence-electron chi connectivity index (χ4n) is 5.17. The topological polar surface area (TPSA) is 149 Å². The van der Waals surface area contributed by atoms with Crippen LogP contribution in [0.4, 0.5) is 5.69 Å². The molecule has 1 aliphatic rings. The van der Waals surface area contributed by atoms with E-state index in [0.717, 1.165) is 12.8 Å². The number of ether oxygens (including phenoxy) is 3. The van der Waals surface area contributed by atoms with Crippen LogP contribution in [0, 0.1) is 10.1 Å². The molecular formula is C31H49N3O9. The number of nitro benzene ring substituents is 1. The van der Waals surface area contributed by atoms with Crippen LogP contribution in [0.3, 0.4) is 0 Å². The van der Waals surface area contributed by atoms with Crippen LogP contribution >= 0.6 is 0 Å². The van der Waals surface area contributed by atoms with E-state index in [-0.39, 0.29) is 55.3 Å². The summed E-state index contributed by atoms with van der Waals surface area (Å²) < 4.78 is 16.8. The van der Waals surface area contributed by atoms with Gasteiger partial charge in [-0.15, -0.1) is 0 Å². The van der Waals surface area contributed by atoms with Crippen molar-refractivity contribution in [3.05, 3.63) is 33.9 Å². The Balaban J connectivity index is 2.52. The second kappa shape index (κ2) is 14.5. The Bertz CT molecular complexity index is 1120. The van der Waals surface area contributed by atoms with E-state index < -0.39 is 39.6 Å². The zero-order valence-corrected chi connectivity index (χ0v) is 27.1. The summed E-state index contributed by atoms with van der Waals surface area (Å²) in [6.07, 6.45) is 2.87. The van der Waals surface area contributed by atoms with E-state index in [1.54, 1.807) is 67.2 Å². The van der Waals surface area contributed by atoms with E-state index in [2.05, 4.69) is 0 Å². The fraction of sp³-hybridized carbons (Fsp3) is 0.710. The minimum absolute atomic E-state index is 0.000633. The molecule has 2 rings (SSSR count). The zero-order chi connectivity index (χ0) is 32.8. The lowest BCUT2D eigenvalue weighted by Gasteiger charge is -2.44. The van der Waals surface area contributed by atoms with Gasteiger partial charge in [-0.1, -0.05) is 12.8 Å². The molecule has 1 aromatic carbocycles. The molecule has 1 aromatic rings. The molecular weight excluding hydrogens is 558 g/mol. The fourth-order valence-corrected chi connectivity index (χ4v) is 5.17. The molecule has 0 aromatic heterocycles. The molecule has 242 valence electrons. The summed E-state index contributed by atoms with van der Waals surface area (Å²) in [6, 6.07) is 3.01. The highest BCUT2D eigenvalue weighted by molar-refractivity contribution is 5.75. The highest BCUT2D eigenvalue weighted by Crippen LogP contribution is 2.32. The molecule has 1 N–H and O–H groups in total. The number of aromatic hydroxyl groups is 1. The van der Waals surface area contributed by atoms with Gasteiger partial charge in [-0.05, 0) is 81.2 Å². The van der Waals surface area contributed by atoms with Crippen molar-refractivity contribution in [2.24, 2.45) is 0 Å². The molecule has 1 saturated carbocycles. The third-order valence-electron chi connectivity index (χ3n) is 6.54. The predicted molar refractivity (Wildman–Crippen MR) is 160 cm³/mol. The average molecular weight is 608 g/mol. The maximum Gasteiger partial charge on any atom is 0.320 e. The molecule has 0 aliphatic heterocycles. The van der Waals surface area contributed by atoms with Gasteiger partial charge in [0.15, 0.2) is 0 Å². The molecule has 1 fully saturated rings. The third-order valence-corrected chi connectivity index (χ3v) is 6.54. The Labute approximate surface area is 254 Å². The van der Waals surface area contributed by atoms with Gasteiger partial charge >= 0.3 is 17.9 Å². The Morgan fingerprint density at radius 1 is 0.791 bits per heavy atom. The van der Waals surface area contributed by atoms with Crippen LogP contribution in [0.25, 0.3) is 0 Å². The van der Waals surface area contributed by atoms with Crippen LogP contribution in [0.15, 0.2) is 18.2 Å². The summed E-state index contributed by atoms with van der Waals surface area (Å²) >= 11 is 0. The Morgan fingerprint density at radius 2 is 1.19 bits per heavy atom. The number of hydrogen-bond donors (Lipinski definition) is 1. The normalized spacial score (nSPS) is 17.9. The Hall–Kier alpha value is -3.25. The summed E-state index contributed by atoms with van der Waals surface area (Å²) in [7, 11) is 0. The SMILES string of the molecule is CC(C)(C)OC(=O)CN(CC(=O)OC(C)(C)C)[C@H]1CCCC[C@@H]1N(CC(=O)OC(C)(C)C)Cc1cc([N+](=O)[O-])ccc1O. The number of phenolic OH excluding ortho intramolecular Hbond substituents is 1. The number of esters is 3. The van der Waals surface area contributed by atoms with Crippen molar-refractivity contribution in [3.8, 4) is 5.75 Å². The highest BCUT2D eigenvalue weighted by atomic mass is 16.6. The van der Waals surface area contributed by atoms with E-state index in [1.165, 1.54) is 18.2 Å². The van der Waals surface area contributed by atoms with E-state index in [0.29, 0.717) is 12.8 Å². The lowest BCUT2D eigenvalue weighted by Crippen LogP contribution is -2.57. The van der Waals surface area contributed by atoms with Crippen molar-refractivity contribution in [3.63, 3.8) is 0 Å². The van der Waals surface area contributed by atoms with Crippen molar-refractivity contribution >= 4 is 23.6 Å². The van der Waals surface area contributed by atoms with E-state index in [9.17, 15) is 29.6 Å². The number of rotatable bonds is 11. The molecule has 0 amide bonds. The number of phenols is 1. The van der Waals surface area contributed by atoms with Gasteiger partial charge in [0, 0.05) is 36.3 Å². The molecule has 0 saturated heterocycles. The molecule has 0 bridgehead atoms. The number of benzene rings is 1. The van der Waals surface area contributed by atoms with Crippen LogP contribution in [-0.2, 0) is 35.1 Å². The van der Waals surface area contributed by atoms with Crippen molar-refractivity contribution in [2.75, 3.05) is 19.6 Å². The number of nitro groups is 1. The van der Waals surface area contributed by atoms with Crippen LogP contribution in [-0.4, -0.2) is 86.3 Å². The first-order valence-corrected chi connectivity index (χ1v) is 14.7. The van der Waals surface area contributed by atoms with Crippen LogP contribution in [0.5, 0.6) is 5.75 Å². The van der Waals surface area contributed by atoms with E-state index in [1.807, 2.05) is 4.90 Å². The van der Waals surface area contributed by atoms with Crippen molar-refractivity contribution in [1.29, 1.82) is 0 Å². The molecule has 12 nitrogen and oxygen atoms in total. The Kier molecular flexibility index (Phi) is 12.1. The molecule has 0 unspecified atom stereocenters. The van der Waals surface area contributed by atoms with Crippen molar-refractivity contribution in [1.82, 2.24) is 9.80 Å². The standard InChI is InChI=1S/C31H49N3O9/c1-29(2,3)41-26(36)18-32(17-21-16-22(34(39)40)14-15-25(21)35)23-12-10-11-13-24(23)33(19-27(37)42-30(4,5)6)20-28(38)43-31(7,8)9/h14-16,23-24,35H,10-13,17-20H2,1-9H3/t23-,24-/m0/s1. The van der Waals surface area contributed by atoms with Crippen LogP contribution < -0.4 is 0 Å². The third kappa shape index (κ3) is 12.9. The van der Waals surface area contributed by atoms with Crippen LogP contribution in [0.1, 0.15) is 93.6 Å². The minimum atomic E-state index is -0.748. The first-order valence-electron chi connectivity index (χ1n) is 14.7. The van der Waals surface area contributed by atoms with Gasteiger partial charge in [-0.2, -0.15) is 0 Å². The number of carbonyl (C=O) groups is 3. The number of hydrogen-bond acceptors (Lipinski definition) is 11. The lowest BCUT2D eigenvalue weighted by atomic mass is 9.87. The highest BCUT2D eigenvalue weighted by Gasteiger charge is 2.38. The van der Waals surface area contributed by atoms with Crippen LogP contribution in [0.2, 0.25) is 0 Å². The summed E-state index contributed by atoms with van der Waals surface area (Å²) in [4.78, 5) is 53.6. The maximum atomic E-state index is 13.1. The largest absolute Gasteiger partial charge is 0.508 e. The van der Waals surface area contributed by atoms with Gasteiger partial charge in [0.05, 0.1) is 24.6 Å². The predicted octanol–water partition coefficient (Wildman–Crippen LogP) is 4.74. The smallest absolute Gasteiger partial charge is 0.320 e. The second-order valence-electron chi connectivity index (χ2n) is 14.1. The first-order chi connectivity index (χ1) is 19.6. The van der Waals surface area contributed by atoms with Gasteiger partial charge in [-0.3, -0.25) is 34.3 Å². The number of non-ortho nitro benzene ring substituents is 1. The Morgan fingerprint density at radius 3 is 1.58 bits per heavy atom. The lowest BCUT2D eigenvalue weighted by molar-refractivity contribution is -0.385. The molecule has 0 radical (unpaired) electrons. The maximum absolute atomic E-state index is 13.1. The van der Waals surface area contributed by atoms with Crippen molar-refractivity contribution < 1.29 is 38.6 Å². The molecule has 1 aliphatic carbocycles. The average Bonchev–Trinajstić information content (AvgIpc) is 2.80. The summed E-state index contributed by atoms with van der Waals surface area (Å²) in [5.74, 6) is -1.66. The first kappa shape index (κ1) is 35.9. The summed E-state index contributed by atoms with van der Waals surface area (Å²) in [5.41, 5.74) is -2.14. The molecule has 0 spiro atoms. The van der Waals surface area contributed by atoms with Gasteiger partial charge < -0.3 is 19.3 Å². The van der Waals surface area contributed by atoms with E-state index in [4.69, 9.17) is 14.2 Å². The monoisotopic (exact) mass is 607 g/mol. The molecule has 43 heavy (non-hydrogen) atoms. The summed E-state index contributed by atoms with van der Waals surface area (Å²) in [5, 5.41) is 22.1. The van der Waals surface area contributed by atoms with E-state index >= 15 is 0 Å². The summed E-state index contributed by atoms with van der Waals surface area (Å²) in [6.45, 7) is 15.3. The van der Waals surface area contributed by atoms with Crippen molar-refractivity contribution in [2.45, 2.75) is 123 Å². The molecule has 0 heterocycles. The molecule has 2 atom stereocenters.